The van der Waals surface area contributed by atoms with E-state index in [1.54, 1.807) is 12.1 Å². The number of carbonyl (C=O) groups excluding carboxylic acids is 1. The predicted molar refractivity (Wildman–Crippen MR) is 80.7 cm³/mol. The van der Waals surface area contributed by atoms with E-state index in [2.05, 4.69) is 43.8 Å². The number of hydrogen-bond acceptors (Lipinski definition) is 2. The van der Waals surface area contributed by atoms with E-state index >= 15 is 0 Å². The molecule has 0 aromatic heterocycles. The molecule has 18 heavy (non-hydrogen) atoms. The molecule has 0 saturated carbocycles. The summed E-state index contributed by atoms with van der Waals surface area (Å²) >= 11 is 5.39. The van der Waals surface area contributed by atoms with Crippen LogP contribution in [0.3, 0.4) is 0 Å². The molecule has 1 atom stereocenters. The molecule has 0 saturated heterocycles. The Kier molecular flexibility index (Phi) is 6.07. The lowest BCUT2D eigenvalue weighted by atomic mass is 10.1. The molecule has 0 aliphatic carbocycles. The average Bonchev–Trinajstić information content (AvgIpc) is 2.31. The van der Waals surface area contributed by atoms with Crippen molar-refractivity contribution in [2.24, 2.45) is 0 Å². The summed E-state index contributed by atoms with van der Waals surface area (Å²) in [6.45, 7) is 1.88. The van der Waals surface area contributed by atoms with Gasteiger partial charge < -0.3 is 10.4 Å². The minimum atomic E-state index is -1.01. The van der Waals surface area contributed by atoms with E-state index in [4.69, 9.17) is 5.11 Å². The fraction of sp³-hybridized carbons (Fsp3) is 0.333. The number of halogens is 2. The lowest BCUT2D eigenvalue weighted by Gasteiger charge is -2.14. The molecule has 4 nitrogen and oxygen atoms in total. The Balaban J connectivity index is 2.86. The van der Waals surface area contributed by atoms with Crippen LogP contribution in [0, 0.1) is 3.57 Å². The second-order valence-electron chi connectivity index (χ2n) is 3.78. The largest absolute Gasteiger partial charge is 0.480 e. The molecule has 0 heterocycles. The van der Waals surface area contributed by atoms with Gasteiger partial charge in [-0.15, -0.1) is 0 Å². The smallest absolute Gasteiger partial charge is 0.326 e. The molecule has 0 bridgehead atoms. The summed E-state index contributed by atoms with van der Waals surface area (Å²) in [5.74, 6) is -1.38. The number of amides is 1. The summed E-state index contributed by atoms with van der Waals surface area (Å²) in [6.07, 6.45) is 1.12. The quantitative estimate of drug-likeness (QED) is 0.712. The van der Waals surface area contributed by atoms with Crippen LogP contribution < -0.4 is 5.32 Å². The van der Waals surface area contributed by atoms with Gasteiger partial charge in [0.2, 0.25) is 0 Å². The molecule has 0 radical (unpaired) electrons. The number of aliphatic carboxylic acids is 1. The highest BCUT2D eigenvalue weighted by Crippen LogP contribution is 2.19. The fourth-order valence-electron chi connectivity index (χ4n) is 1.45. The highest BCUT2D eigenvalue weighted by Gasteiger charge is 2.20. The van der Waals surface area contributed by atoms with Gasteiger partial charge in [0.05, 0.1) is 5.56 Å². The van der Waals surface area contributed by atoms with Gasteiger partial charge in [-0.05, 0) is 63.1 Å². The highest BCUT2D eigenvalue weighted by atomic mass is 127. The Hall–Kier alpha value is -0.630. The van der Waals surface area contributed by atoms with Crippen LogP contribution in [0.2, 0.25) is 0 Å². The van der Waals surface area contributed by atoms with Crippen LogP contribution in [0.4, 0.5) is 0 Å². The summed E-state index contributed by atoms with van der Waals surface area (Å²) in [7, 11) is 0. The van der Waals surface area contributed by atoms with Gasteiger partial charge >= 0.3 is 5.97 Å². The van der Waals surface area contributed by atoms with E-state index in [0.29, 0.717) is 22.9 Å². The third-order valence-electron chi connectivity index (χ3n) is 2.35. The van der Waals surface area contributed by atoms with E-state index < -0.39 is 12.0 Å². The Labute approximate surface area is 127 Å². The van der Waals surface area contributed by atoms with Crippen LogP contribution in [-0.4, -0.2) is 23.0 Å². The third kappa shape index (κ3) is 4.24. The van der Waals surface area contributed by atoms with Crippen LogP contribution in [0.1, 0.15) is 30.1 Å². The average molecular weight is 426 g/mol. The second kappa shape index (κ2) is 7.08. The first-order valence-corrected chi connectivity index (χ1v) is 7.31. The van der Waals surface area contributed by atoms with E-state index in [1.165, 1.54) is 0 Å². The van der Waals surface area contributed by atoms with Crippen molar-refractivity contribution in [3.8, 4) is 0 Å². The number of hydrogen-bond donors (Lipinski definition) is 2. The Bertz CT molecular complexity index is 465. The van der Waals surface area contributed by atoms with Crippen molar-refractivity contribution in [3.05, 3.63) is 31.8 Å². The van der Waals surface area contributed by atoms with Crippen molar-refractivity contribution in [3.63, 3.8) is 0 Å². The first-order chi connectivity index (χ1) is 8.45. The molecule has 0 unspecified atom stereocenters. The van der Waals surface area contributed by atoms with Crippen molar-refractivity contribution in [1.82, 2.24) is 5.32 Å². The number of carboxylic acid groups (broad SMARTS) is 1. The van der Waals surface area contributed by atoms with E-state index in [0.717, 1.165) is 3.57 Å². The molecule has 1 aromatic carbocycles. The molecule has 6 heteroatoms. The second-order valence-corrected chi connectivity index (χ2v) is 5.88. The maximum Gasteiger partial charge on any atom is 0.326 e. The van der Waals surface area contributed by atoms with Crippen molar-refractivity contribution >= 4 is 50.4 Å². The van der Waals surface area contributed by atoms with E-state index in [9.17, 15) is 9.59 Å². The number of nitrogens with one attached hydrogen (secondary N) is 1. The zero-order valence-corrected chi connectivity index (χ0v) is 13.5. The van der Waals surface area contributed by atoms with Crippen LogP contribution in [0.25, 0.3) is 0 Å². The van der Waals surface area contributed by atoms with Gasteiger partial charge in [-0.2, -0.15) is 0 Å². The zero-order chi connectivity index (χ0) is 13.7. The molecule has 0 spiro atoms. The van der Waals surface area contributed by atoms with Gasteiger partial charge in [0.15, 0.2) is 0 Å². The van der Waals surface area contributed by atoms with E-state index in [1.807, 2.05) is 13.0 Å². The monoisotopic (exact) mass is 425 g/mol. The van der Waals surface area contributed by atoms with Crippen LogP contribution in [0.15, 0.2) is 22.7 Å². The summed E-state index contributed by atoms with van der Waals surface area (Å²) in [5, 5.41) is 11.5. The van der Waals surface area contributed by atoms with Gasteiger partial charge in [-0.25, -0.2) is 4.79 Å². The fourth-order valence-corrected chi connectivity index (χ4v) is 2.37. The third-order valence-corrected chi connectivity index (χ3v) is 3.72. The normalized spacial score (nSPS) is 11.9. The summed E-state index contributed by atoms with van der Waals surface area (Å²) in [4.78, 5) is 23.0. The molecular weight excluding hydrogens is 413 g/mol. The van der Waals surface area contributed by atoms with Gasteiger partial charge in [-0.3, -0.25) is 4.79 Å². The molecule has 98 valence electrons. The minimum Gasteiger partial charge on any atom is -0.480 e. The molecule has 0 aliphatic heterocycles. The predicted octanol–water partition coefficient (Wildman–Crippen LogP) is 3.04. The number of benzene rings is 1. The van der Waals surface area contributed by atoms with Crippen LogP contribution in [0.5, 0.6) is 0 Å². The van der Waals surface area contributed by atoms with Crippen LogP contribution in [-0.2, 0) is 4.79 Å². The molecule has 0 fully saturated rings. The van der Waals surface area contributed by atoms with Gasteiger partial charge in [0, 0.05) is 8.04 Å². The van der Waals surface area contributed by atoms with Crippen LogP contribution >= 0.6 is 38.5 Å². The Morgan fingerprint density at radius 1 is 1.50 bits per heavy atom. The summed E-state index contributed by atoms with van der Waals surface area (Å²) in [6, 6.07) is 4.51. The first kappa shape index (κ1) is 15.4. The maximum atomic E-state index is 12.0. The lowest BCUT2D eigenvalue weighted by Crippen LogP contribution is -2.40. The van der Waals surface area contributed by atoms with E-state index in [-0.39, 0.29) is 5.91 Å². The summed E-state index contributed by atoms with van der Waals surface area (Å²) in [5.41, 5.74) is 0.448. The topological polar surface area (TPSA) is 66.4 Å². The number of carboxylic acids is 1. The number of rotatable bonds is 5. The summed E-state index contributed by atoms with van der Waals surface area (Å²) < 4.78 is 1.57. The molecule has 0 aliphatic rings. The highest BCUT2D eigenvalue weighted by molar-refractivity contribution is 14.1. The maximum absolute atomic E-state index is 12.0. The Morgan fingerprint density at radius 2 is 2.17 bits per heavy atom. The lowest BCUT2D eigenvalue weighted by molar-refractivity contribution is -0.139. The molecule has 2 N–H and O–H groups in total. The van der Waals surface area contributed by atoms with Crippen molar-refractivity contribution in [2.75, 3.05) is 0 Å². The standard InChI is InChI=1S/C12H13BrINO3/c1-2-3-10(12(17)18)15-11(16)8-6-7(14)4-5-9(8)13/h4-6,10H,2-3H2,1H3,(H,15,16)(H,17,18)/t10-/m1/s1. The van der Waals surface area contributed by atoms with Crippen molar-refractivity contribution in [1.29, 1.82) is 0 Å². The molecular formula is C12H13BrINO3. The zero-order valence-electron chi connectivity index (χ0n) is 9.74. The van der Waals surface area contributed by atoms with Gasteiger partial charge in [-0.1, -0.05) is 13.3 Å². The molecule has 1 rings (SSSR count). The minimum absolute atomic E-state index is 0.374. The SMILES string of the molecule is CCC[C@@H](NC(=O)c1cc(I)ccc1Br)C(=O)O. The Morgan fingerprint density at radius 3 is 2.72 bits per heavy atom. The van der Waals surface area contributed by atoms with Gasteiger partial charge in [0.1, 0.15) is 6.04 Å². The molecule has 1 aromatic rings. The van der Waals surface area contributed by atoms with Crippen molar-refractivity contribution in [2.45, 2.75) is 25.8 Å². The van der Waals surface area contributed by atoms with Gasteiger partial charge in [0.25, 0.3) is 5.91 Å². The number of carbonyl (C=O) groups is 2. The van der Waals surface area contributed by atoms with Crippen molar-refractivity contribution < 1.29 is 14.7 Å². The first-order valence-electron chi connectivity index (χ1n) is 5.44. The molecule has 1 amide bonds.